The molecule has 0 unspecified atom stereocenters. The first-order valence-electron chi connectivity index (χ1n) is 9.84. The second-order valence-electron chi connectivity index (χ2n) is 8.85. The minimum Gasteiger partial charge on any atom is -0.416 e. The monoisotopic (exact) mass is 528 g/mol. The van der Waals surface area contributed by atoms with Crippen molar-refractivity contribution in [2.45, 2.75) is 54.7 Å². The van der Waals surface area contributed by atoms with Crippen LogP contribution in [-0.4, -0.2) is 33.1 Å². The molecule has 0 saturated heterocycles. The number of alkyl halides is 1. The molecular formula is C21H29BrN2O5SSi. The smallest absolute Gasteiger partial charge is 0.269 e. The molecular weight excluding hydrogens is 500 g/mol. The number of nitro groups is 1. The Bertz CT molecular complexity index is 993. The van der Waals surface area contributed by atoms with Crippen molar-refractivity contribution in [2.24, 2.45) is 0 Å². The Labute approximate surface area is 193 Å². The van der Waals surface area contributed by atoms with Crippen molar-refractivity contribution in [3.05, 3.63) is 70.3 Å². The van der Waals surface area contributed by atoms with Gasteiger partial charge in [0.2, 0.25) is 10.0 Å². The van der Waals surface area contributed by atoms with Crippen LogP contribution in [-0.2, 0) is 14.4 Å². The molecule has 2 aromatic carbocycles. The molecule has 0 fully saturated rings. The predicted octanol–water partition coefficient (Wildman–Crippen LogP) is 5.40. The van der Waals surface area contributed by atoms with Crippen LogP contribution in [0.1, 0.15) is 32.4 Å². The third kappa shape index (κ3) is 6.69. The van der Waals surface area contributed by atoms with Gasteiger partial charge in [0.1, 0.15) is 0 Å². The molecule has 2 atom stereocenters. The van der Waals surface area contributed by atoms with E-state index < -0.39 is 29.3 Å². The molecule has 0 saturated carbocycles. The van der Waals surface area contributed by atoms with Crippen molar-refractivity contribution in [3.8, 4) is 0 Å². The first kappa shape index (κ1) is 25.7. The van der Waals surface area contributed by atoms with Crippen LogP contribution < -0.4 is 4.72 Å². The molecule has 0 bridgehead atoms. The van der Waals surface area contributed by atoms with E-state index in [4.69, 9.17) is 4.43 Å². The van der Waals surface area contributed by atoms with Gasteiger partial charge in [-0.25, -0.2) is 13.1 Å². The zero-order chi connectivity index (χ0) is 23.4. The lowest BCUT2D eigenvalue weighted by molar-refractivity contribution is -0.384. The third-order valence-corrected chi connectivity index (χ3v) is 12.3. The Morgan fingerprint density at radius 1 is 1.10 bits per heavy atom. The van der Waals surface area contributed by atoms with Crippen LogP contribution in [0.4, 0.5) is 5.69 Å². The Balaban J connectivity index is 2.29. The maximum atomic E-state index is 13.0. The van der Waals surface area contributed by atoms with Crippen molar-refractivity contribution >= 4 is 40.0 Å². The van der Waals surface area contributed by atoms with Crippen LogP contribution in [0.2, 0.25) is 18.1 Å². The highest BCUT2D eigenvalue weighted by Crippen LogP contribution is 2.37. The molecule has 10 heteroatoms. The summed E-state index contributed by atoms with van der Waals surface area (Å²) in [5, 5.41) is 10.9. The van der Waals surface area contributed by atoms with E-state index in [9.17, 15) is 18.5 Å². The van der Waals surface area contributed by atoms with Gasteiger partial charge in [0, 0.05) is 18.7 Å². The number of nitro benzene ring substituents is 1. The number of nitrogens with one attached hydrogen (secondary N) is 1. The van der Waals surface area contributed by atoms with E-state index in [0.29, 0.717) is 6.61 Å². The normalized spacial score (nSPS) is 14.8. The number of nitrogens with zero attached hydrogens (tertiary/aromatic N) is 1. The van der Waals surface area contributed by atoms with Gasteiger partial charge in [-0.05, 0) is 35.8 Å². The summed E-state index contributed by atoms with van der Waals surface area (Å²) in [5.74, 6) is 0. The predicted molar refractivity (Wildman–Crippen MR) is 128 cm³/mol. The number of benzene rings is 2. The molecule has 1 N–H and O–H groups in total. The molecule has 2 aromatic rings. The molecule has 7 nitrogen and oxygen atoms in total. The first-order valence-corrected chi connectivity index (χ1v) is 15.1. The number of non-ortho nitro benzene ring substituents is 1. The maximum absolute atomic E-state index is 13.0. The van der Waals surface area contributed by atoms with E-state index in [-0.39, 0.29) is 20.4 Å². The van der Waals surface area contributed by atoms with Crippen LogP contribution in [0.25, 0.3) is 0 Å². The highest BCUT2D eigenvalue weighted by Gasteiger charge is 2.38. The minimum absolute atomic E-state index is 0.0280. The van der Waals surface area contributed by atoms with Gasteiger partial charge in [0.05, 0.1) is 20.7 Å². The Morgan fingerprint density at radius 3 is 2.13 bits per heavy atom. The molecule has 0 amide bonds. The molecule has 0 spiro atoms. The van der Waals surface area contributed by atoms with Gasteiger partial charge in [-0.3, -0.25) is 10.1 Å². The number of halogens is 1. The summed E-state index contributed by atoms with van der Waals surface area (Å²) in [4.78, 5) is 9.93. The Hall–Kier alpha value is -1.59. The summed E-state index contributed by atoms with van der Waals surface area (Å²) < 4.78 is 35.1. The Morgan fingerprint density at radius 2 is 1.65 bits per heavy atom. The average molecular weight is 530 g/mol. The highest BCUT2D eigenvalue weighted by atomic mass is 79.9. The molecule has 31 heavy (non-hydrogen) atoms. The number of hydrogen-bond donors (Lipinski definition) is 1. The van der Waals surface area contributed by atoms with Gasteiger partial charge in [0.15, 0.2) is 8.32 Å². The number of hydrogen-bond acceptors (Lipinski definition) is 5. The van der Waals surface area contributed by atoms with Gasteiger partial charge < -0.3 is 4.43 Å². The third-order valence-electron chi connectivity index (χ3n) is 5.57. The lowest BCUT2D eigenvalue weighted by Crippen LogP contribution is -2.44. The van der Waals surface area contributed by atoms with Crippen LogP contribution in [0.15, 0.2) is 59.5 Å². The molecule has 0 aliphatic rings. The van der Waals surface area contributed by atoms with Crippen molar-refractivity contribution in [1.82, 2.24) is 4.72 Å². The summed E-state index contributed by atoms with van der Waals surface area (Å²) in [7, 11) is -5.95. The fourth-order valence-electron chi connectivity index (χ4n) is 2.59. The largest absolute Gasteiger partial charge is 0.416 e. The molecule has 0 heterocycles. The van der Waals surface area contributed by atoms with E-state index in [0.717, 1.165) is 5.56 Å². The van der Waals surface area contributed by atoms with Crippen LogP contribution in [0.5, 0.6) is 0 Å². The van der Waals surface area contributed by atoms with Gasteiger partial charge in [0.25, 0.3) is 5.69 Å². The summed E-state index contributed by atoms with van der Waals surface area (Å²) in [6.07, 6.45) is 0. The maximum Gasteiger partial charge on any atom is 0.269 e. The van der Waals surface area contributed by atoms with Crippen LogP contribution in [0.3, 0.4) is 0 Å². The number of sulfonamides is 1. The van der Waals surface area contributed by atoms with Gasteiger partial charge in [-0.15, -0.1) is 0 Å². The zero-order valence-corrected chi connectivity index (χ0v) is 21.7. The van der Waals surface area contributed by atoms with E-state index in [1.807, 2.05) is 30.3 Å². The fourth-order valence-corrected chi connectivity index (χ4v) is 5.88. The van der Waals surface area contributed by atoms with Crippen LogP contribution >= 0.6 is 15.9 Å². The van der Waals surface area contributed by atoms with E-state index in [2.05, 4.69) is 54.5 Å². The van der Waals surface area contributed by atoms with Crippen LogP contribution in [0, 0.1) is 10.1 Å². The first-order chi connectivity index (χ1) is 14.2. The standard InChI is InChI=1S/C21H29BrN2O5SSi/c1-21(2,3)31(4,5)29-15-19(22)20(16-9-7-6-8-10-16)23-30(27,28)18-13-11-17(12-14-18)24(25)26/h6-14,19-20,23H,15H2,1-5H3/t19-,20+/m0/s1. The second kappa shape index (κ2) is 9.91. The molecule has 0 radical (unpaired) electrons. The quantitative estimate of drug-likeness (QED) is 0.203. The van der Waals surface area contributed by atoms with E-state index >= 15 is 0 Å². The fraction of sp³-hybridized carbons (Fsp3) is 0.429. The van der Waals surface area contributed by atoms with E-state index in [1.165, 1.54) is 24.3 Å². The molecule has 0 aromatic heterocycles. The van der Waals surface area contributed by atoms with Crippen molar-refractivity contribution in [1.29, 1.82) is 0 Å². The summed E-state index contributed by atoms with van der Waals surface area (Å²) in [5.41, 5.74) is 0.619. The topological polar surface area (TPSA) is 98.5 Å². The molecule has 2 rings (SSSR count). The lowest BCUT2D eigenvalue weighted by atomic mass is 10.1. The second-order valence-corrected chi connectivity index (χ2v) is 16.5. The highest BCUT2D eigenvalue weighted by molar-refractivity contribution is 9.09. The molecule has 0 aliphatic carbocycles. The van der Waals surface area contributed by atoms with E-state index in [1.54, 1.807) is 0 Å². The summed E-state index contributed by atoms with van der Waals surface area (Å²) >= 11 is 3.64. The summed E-state index contributed by atoms with van der Waals surface area (Å²) in [6, 6.07) is 13.5. The Kier molecular flexibility index (Phi) is 8.20. The lowest BCUT2D eigenvalue weighted by Gasteiger charge is -2.37. The molecule has 170 valence electrons. The van der Waals surface area contributed by atoms with Crippen molar-refractivity contribution < 1.29 is 17.8 Å². The van der Waals surface area contributed by atoms with Gasteiger partial charge in [-0.1, -0.05) is 67.0 Å². The SMILES string of the molecule is CC(C)(C)[Si](C)(C)OC[C@H](Br)[C@H](NS(=O)(=O)c1ccc([N+](=O)[O-])cc1)c1ccccc1. The summed E-state index contributed by atoms with van der Waals surface area (Å²) in [6.45, 7) is 11.1. The molecule has 0 aliphatic heterocycles. The number of rotatable bonds is 9. The van der Waals surface area contributed by atoms with Crippen molar-refractivity contribution in [3.63, 3.8) is 0 Å². The van der Waals surface area contributed by atoms with Gasteiger partial charge >= 0.3 is 0 Å². The van der Waals surface area contributed by atoms with Crippen molar-refractivity contribution in [2.75, 3.05) is 6.61 Å². The zero-order valence-electron chi connectivity index (χ0n) is 18.3. The van der Waals surface area contributed by atoms with Gasteiger partial charge in [-0.2, -0.15) is 0 Å². The minimum atomic E-state index is -3.92. The average Bonchev–Trinajstić information content (AvgIpc) is 2.70.